The molecule has 1 aromatic rings. The van der Waals surface area contributed by atoms with Gasteiger partial charge in [0.1, 0.15) is 0 Å². The molecule has 0 bridgehead atoms. The summed E-state index contributed by atoms with van der Waals surface area (Å²) in [4.78, 5) is 26.7. The van der Waals surface area contributed by atoms with Crippen LogP contribution in [0.25, 0.3) is 0 Å². The first kappa shape index (κ1) is 21.9. The molecule has 152 valence electrons. The molecule has 1 atom stereocenters. The molecule has 28 heavy (non-hydrogen) atoms. The minimum atomic E-state index is -0.478. The van der Waals surface area contributed by atoms with Gasteiger partial charge >= 0.3 is 5.97 Å². The zero-order valence-electron chi connectivity index (χ0n) is 17.5. The zero-order valence-corrected chi connectivity index (χ0v) is 18.4. The topological polar surface area (TPSA) is 70.7 Å². The molecule has 0 spiro atoms. The second-order valence-corrected chi connectivity index (χ2v) is 8.61. The summed E-state index contributed by atoms with van der Waals surface area (Å²) < 4.78 is 5.45. The third kappa shape index (κ3) is 4.90. The number of nitrogens with zero attached hydrogens (tertiary/aromatic N) is 1. The average molecular weight is 404 g/mol. The molecule has 2 N–H and O–H groups in total. The van der Waals surface area contributed by atoms with Crippen molar-refractivity contribution in [2.75, 3.05) is 12.4 Å². The molecule has 0 saturated carbocycles. The minimum Gasteiger partial charge on any atom is -0.459 e. The van der Waals surface area contributed by atoms with Crippen LogP contribution in [0.2, 0.25) is 0 Å². The molecule has 0 aliphatic carbocycles. The zero-order chi connectivity index (χ0) is 21.2. The number of hydrogen-bond donors (Lipinski definition) is 2. The summed E-state index contributed by atoms with van der Waals surface area (Å²) in [5.41, 5.74) is 2.36. The SMILES string of the molecule is CC1=C(C(=O)OC(C)C)C(c2ccc(NC(=O)C(C)(C)C)cc2)NC(=S)N1C. The van der Waals surface area contributed by atoms with Crippen molar-refractivity contribution in [1.82, 2.24) is 10.2 Å². The van der Waals surface area contributed by atoms with Gasteiger partial charge in [0, 0.05) is 23.8 Å². The first-order valence-electron chi connectivity index (χ1n) is 9.29. The highest BCUT2D eigenvalue weighted by Crippen LogP contribution is 2.31. The lowest BCUT2D eigenvalue weighted by Gasteiger charge is -2.35. The van der Waals surface area contributed by atoms with Crippen molar-refractivity contribution in [1.29, 1.82) is 0 Å². The van der Waals surface area contributed by atoms with Crippen LogP contribution >= 0.6 is 12.2 Å². The van der Waals surface area contributed by atoms with Gasteiger partial charge in [-0.2, -0.15) is 0 Å². The van der Waals surface area contributed by atoms with Crippen LogP contribution in [-0.4, -0.2) is 35.0 Å². The normalized spacial score (nSPS) is 17.5. The van der Waals surface area contributed by atoms with Gasteiger partial charge in [0.2, 0.25) is 5.91 Å². The second-order valence-electron chi connectivity index (χ2n) is 8.22. The summed E-state index contributed by atoms with van der Waals surface area (Å²) in [7, 11) is 1.81. The van der Waals surface area contributed by atoms with Crippen LogP contribution in [-0.2, 0) is 14.3 Å². The summed E-state index contributed by atoms with van der Waals surface area (Å²) in [6.07, 6.45) is -0.220. The number of hydrogen-bond acceptors (Lipinski definition) is 4. The maximum Gasteiger partial charge on any atom is 0.338 e. The van der Waals surface area contributed by atoms with Crippen molar-refractivity contribution in [2.45, 2.75) is 53.7 Å². The molecule has 1 heterocycles. The van der Waals surface area contributed by atoms with Crippen LogP contribution < -0.4 is 10.6 Å². The highest BCUT2D eigenvalue weighted by molar-refractivity contribution is 7.80. The van der Waals surface area contributed by atoms with Gasteiger partial charge < -0.3 is 20.3 Å². The lowest BCUT2D eigenvalue weighted by Crippen LogP contribution is -2.46. The molecule has 7 heteroatoms. The van der Waals surface area contributed by atoms with E-state index in [1.165, 1.54) is 0 Å². The van der Waals surface area contributed by atoms with Gasteiger partial charge in [-0.25, -0.2) is 4.79 Å². The molecule has 2 rings (SSSR count). The van der Waals surface area contributed by atoms with Crippen LogP contribution in [0, 0.1) is 5.41 Å². The van der Waals surface area contributed by atoms with Crippen molar-refractivity contribution < 1.29 is 14.3 Å². The number of rotatable bonds is 4. The van der Waals surface area contributed by atoms with E-state index < -0.39 is 11.5 Å². The molecular weight excluding hydrogens is 374 g/mol. The number of amides is 1. The molecular formula is C21H29N3O3S. The Morgan fingerprint density at radius 2 is 1.79 bits per heavy atom. The van der Waals surface area contributed by atoms with Crippen molar-refractivity contribution in [2.24, 2.45) is 5.41 Å². The largest absolute Gasteiger partial charge is 0.459 e. The Balaban J connectivity index is 2.34. The van der Waals surface area contributed by atoms with E-state index >= 15 is 0 Å². The number of thiocarbonyl (C=S) groups is 1. The van der Waals surface area contributed by atoms with E-state index in [-0.39, 0.29) is 18.0 Å². The van der Waals surface area contributed by atoms with E-state index in [4.69, 9.17) is 17.0 Å². The van der Waals surface area contributed by atoms with Gasteiger partial charge in [0.05, 0.1) is 17.7 Å². The summed E-state index contributed by atoms with van der Waals surface area (Å²) in [6, 6.07) is 6.98. The number of benzene rings is 1. The molecule has 0 radical (unpaired) electrons. The number of carbonyl (C=O) groups is 2. The van der Waals surface area contributed by atoms with Crippen molar-refractivity contribution in [3.05, 3.63) is 41.1 Å². The highest BCUT2D eigenvalue weighted by atomic mass is 32.1. The third-order valence-electron chi connectivity index (χ3n) is 4.50. The maximum absolute atomic E-state index is 12.7. The second kappa shape index (κ2) is 8.31. The molecule has 0 fully saturated rings. The van der Waals surface area contributed by atoms with Gasteiger partial charge in [-0.3, -0.25) is 4.79 Å². The van der Waals surface area contributed by atoms with Crippen LogP contribution in [0.4, 0.5) is 5.69 Å². The van der Waals surface area contributed by atoms with Gasteiger partial charge in [0.25, 0.3) is 0 Å². The first-order chi connectivity index (χ1) is 12.9. The fourth-order valence-electron chi connectivity index (χ4n) is 2.70. The number of nitrogens with one attached hydrogen (secondary N) is 2. The van der Waals surface area contributed by atoms with E-state index in [1.54, 1.807) is 4.90 Å². The van der Waals surface area contributed by atoms with E-state index in [2.05, 4.69) is 10.6 Å². The summed E-state index contributed by atoms with van der Waals surface area (Å²) >= 11 is 5.41. The van der Waals surface area contributed by atoms with E-state index in [9.17, 15) is 9.59 Å². The molecule has 6 nitrogen and oxygen atoms in total. The van der Waals surface area contributed by atoms with Crippen LogP contribution in [0.15, 0.2) is 35.5 Å². The fraction of sp³-hybridized carbons (Fsp3) is 0.476. The van der Waals surface area contributed by atoms with Crippen LogP contribution in [0.1, 0.15) is 53.1 Å². The van der Waals surface area contributed by atoms with E-state index in [0.29, 0.717) is 16.4 Å². The number of anilines is 1. The lowest BCUT2D eigenvalue weighted by atomic mass is 9.94. The van der Waals surface area contributed by atoms with Gasteiger partial charge in [0.15, 0.2) is 5.11 Å². The molecule has 1 aromatic carbocycles. The summed E-state index contributed by atoms with van der Waals surface area (Å²) in [5, 5.41) is 6.65. The van der Waals surface area contributed by atoms with Gasteiger partial charge in [-0.05, 0) is 50.7 Å². The predicted octanol–water partition coefficient (Wildman–Crippen LogP) is 3.76. The standard InChI is InChI=1S/C21H29N3O3S/c1-12(2)27-18(25)16-13(3)24(7)20(28)23-17(16)14-8-10-15(11-9-14)22-19(26)21(4,5)6/h8-12,17H,1-7H3,(H,22,26)(H,23,28). The van der Waals surface area contributed by atoms with Crippen LogP contribution in [0.3, 0.4) is 0 Å². The lowest BCUT2D eigenvalue weighted by molar-refractivity contribution is -0.143. The molecule has 1 aliphatic rings. The molecule has 1 unspecified atom stereocenters. The third-order valence-corrected chi connectivity index (χ3v) is 4.89. The number of esters is 1. The molecule has 1 aliphatic heterocycles. The molecule has 1 amide bonds. The van der Waals surface area contributed by atoms with Gasteiger partial charge in [-0.1, -0.05) is 32.9 Å². The first-order valence-corrected chi connectivity index (χ1v) is 9.70. The number of ether oxygens (including phenoxy) is 1. The Hall–Kier alpha value is -2.41. The Kier molecular flexibility index (Phi) is 6.49. The van der Waals surface area contributed by atoms with E-state index in [1.807, 2.05) is 72.9 Å². The molecule has 0 saturated heterocycles. The monoisotopic (exact) mass is 403 g/mol. The van der Waals surface area contributed by atoms with Crippen molar-refractivity contribution >= 4 is 34.9 Å². The Bertz CT molecular complexity index is 807. The highest BCUT2D eigenvalue weighted by Gasteiger charge is 2.33. The summed E-state index contributed by atoms with van der Waals surface area (Å²) in [5.74, 6) is -0.430. The Labute approximate surface area is 172 Å². The van der Waals surface area contributed by atoms with Crippen molar-refractivity contribution in [3.63, 3.8) is 0 Å². The smallest absolute Gasteiger partial charge is 0.338 e. The number of allylic oxidation sites excluding steroid dienone is 1. The van der Waals surface area contributed by atoms with E-state index in [0.717, 1.165) is 11.3 Å². The minimum absolute atomic E-state index is 0.0595. The Morgan fingerprint density at radius 3 is 2.29 bits per heavy atom. The molecule has 0 aromatic heterocycles. The fourth-order valence-corrected chi connectivity index (χ4v) is 2.96. The van der Waals surface area contributed by atoms with Gasteiger partial charge in [-0.15, -0.1) is 0 Å². The maximum atomic E-state index is 12.7. The number of carbonyl (C=O) groups excluding carboxylic acids is 2. The summed E-state index contributed by atoms with van der Waals surface area (Å²) in [6.45, 7) is 11.1. The Morgan fingerprint density at radius 1 is 1.21 bits per heavy atom. The van der Waals surface area contributed by atoms with Crippen molar-refractivity contribution in [3.8, 4) is 0 Å². The predicted molar refractivity (Wildman–Crippen MR) is 115 cm³/mol. The quantitative estimate of drug-likeness (QED) is 0.589. The van der Waals surface area contributed by atoms with Crippen LogP contribution in [0.5, 0.6) is 0 Å². The average Bonchev–Trinajstić information content (AvgIpc) is 2.58.